The molecular weight excluding hydrogens is 604 g/mol. The highest BCUT2D eigenvalue weighted by atomic mass is 32.2. The average molecular weight is 647 g/mol. The molecule has 2 N–H and O–H groups in total. The van der Waals surface area contributed by atoms with E-state index >= 15 is 0 Å². The van der Waals surface area contributed by atoms with Gasteiger partial charge in [-0.1, -0.05) is 74.8 Å². The summed E-state index contributed by atoms with van der Waals surface area (Å²) in [5, 5.41) is 9.89. The summed E-state index contributed by atoms with van der Waals surface area (Å²) in [6, 6.07) is 18.4. The van der Waals surface area contributed by atoms with Crippen LogP contribution in [0.25, 0.3) is 11.3 Å². The van der Waals surface area contributed by atoms with Crippen molar-refractivity contribution in [3.05, 3.63) is 83.0 Å². The van der Waals surface area contributed by atoms with Crippen LogP contribution >= 0.6 is 11.8 Å². The number of methoxy groups -OCH3 is 1. The number of H-pyrrole nitrogens is 1. The van der Waals surface area contributed by atoms with E-state index in [-0.39, 0.29) is 0 Å². The Hall–Kier alpha value is -4.31. The van der Waals surface area contributed by atoms with E-state index in [1.807, 2.05) is 48.7 Å². The molecule has 1 atom stereocenters. The van der Waals surface area contributed by atoms with E-state index in [0.717, 1.165) is 81.8 Å². The lowest BCUT2D eigenvalue weighted by molar-refractivity contribution is -0.0640. The maximum absolute atomic E-state index is 11.1. The molecule has 0 spiro atoms. The minimum absolute atomic E-state index is 0.459. The Balaban J connectivity index is 1.21. The normalized spacial score (nSPS) is 13.8. The molecule has 0 fully saturated rings. The SMILES string of the molecule is CCCc1c(OCCCOc2ccc(-c3cnc(SCc4ccccc4)[nH]3)c(OC)c2CCC)ccc2c1OC(OC(=O)O)CC2. The Bertz CT molecular complexity index is 1590. The summed E-state index contributed by atoms with van der Waals surface area (Å²) >= 11 is 1.67. The number of imidazole rings is 1. The average Bonchev–Trinajstić information content (AvgIpc) is 3.54. The van der Waals surface area contributed by atoms with Crippen molar-refractivity contribution in [3.63, 3.8) is 0 Å². The number of hydrogen-bond donors (Lipinski definition) is 2. The van der Waals surface area contributed by atoms with Gasteiger partial charge in [0.2, 0.25) is 6.29 Å². The van der Waals surface area contributed by atoms with Gasteiger partial charge in [-0.3, -0.25) is 0 Å². The third kappa shape index (κ3) is 8.28. The molecule has 0 aliphatic carbocycles. The third-order valence-electron chi connectivity index (χ3n) is 7.72. The van der Waals surface area contributed by atoms with Gasteiger partial charge in [0.1, 0.15) is 23.0 Å². The lowest BCUT2D eigenvalue weighted by Crippen LogP contribution is -2.28. The molecule has 9 nitrogen and oxygen atoms in total. The second-order valence-corrected chi connectivity index (χ2v) is 12.0. The van der Waals surface area contributed by atoms with Gasteiger partial charge in [-0.05, 0) is 48.6 Å². The molecule has 2 heterocycles. The van der Waals surface area contributed by atoms with Crippen LogP contribution in [0.3, 0.4) is 0 Å². The minimum Gasteiger partial charge on any atom is -0.496 e. The van der Waals surface area contributed by atoms with Crippen LogP contribution in [0, 0.1) is 0 Å². The van der Waals surface area contributed by atoms with Crippen LogP contribution in [0.15, 0.2) is 66.0 Å². The zero-order valence-corrected chi connectivity index (χ0v) is 27.5. The van der Waals surface area contributed by atoms with Gasteiger partial charge in [0.15, 0.2) is 5.16 Å². The van der Waals surface area contributed by atoms with Gasteiger partial charge in [-0.2, -0.15) is 0 Å². The van der Waals surface area contributed by atoms with Gasteiger partial charge >= 0.3 is 6.16 Å². The minimum atomic E-state index is -1.34. The predicted molar refractivity (Wildman–Crippen MR) is 178 cm³/mol. The largest absolute Gasteiger partial charge is 0.508 e. The highest BCUT2D eigenvalue weighted by molar-refractivity contribution is 7.98. The second kappa shape index (κ2) is 16.3. The highest BCUT2D eigenvalue weighted by Gasteiger charge is 2.27. The van der Waals surface area contributed by atoms with E-state index in [9.17, 15) is 4.79 Å². The smallest absolute Gasteiger partial charge is 0.496 e. The van der Waals surface area contributed by atoms with Crippen LogP contribution in [0.5, 0.6) is 23.0 Å². The van der Waals surface area contributed by atoms with Crippen molar-refractivity contribution >= 4 is 17.9 Å². The Kier molecular flexibility index (Phi) is 11.7. The van der Waals surface area contributed by atoms with Crippen LogP contribution in [-0.4, -0.2) is 47.8 Å². The van der Waals surface area contributed by atoms with Gasteiger partial charge in [0, 0.05) is 35.3 Å². The Labute approximate surface area is 274 Å². The van der Waals surface area contributed by atoms with Crippen LogP contribution in [-0.2, 0) is 29.8 Å². The van der Waals surface area contributed by atoms with Crippen LogP contribution in [0.2, 0.25) is 0 Å². The number of ether oxygens (including phenoxy) is 5. The van der Waals surface area contributed by atoms with E-state index in [2.05, 4.69) is 35.9 Å². The molecule has 1 unspecified atom stereocenters. The number of nitrogens with one attached hydrogen (secondary N) is 1. The lowest BCUT2D eigenvalue weighted by atomic mass is 9.98. The van der Waals surface area contributed by atoms with E-state index in [1.54, 1.807) is 18.9 Å². The molecule has 244 valence electrons. The Morgan fingerprint density at radius 2 is 1.72 bits per heavy atom. The van der Waals surface area contributed by atoms with Crippen LogP contribution in [0.1, 0.15) is 61.8 Å². The summed E-state index contributed by atoms with van der Waals surface area (Å²) in [7, 11) is 1.70. The van der Waals surface area contributed by atoms with E-state index in [4.69, 9.17) is 28.8 Å². The fraction of sp³-hybridized carbons (Fsp3) is 0.389. The first-order valence-electron chi connectivity index (χ1n) is 15.9. The van der Waals surface area contributed by atoms with E-state index < -0.39 is 12.4 Å². The molecule has 4 aromatic rings. The number of fused-ring (bicyclic) bond motifs is 1. The number of carboxylic acid groups (broad SMARTS) is 1. The molecule has 0 amide bonds. The number of aromatic nitrogens is 2. The maximum atomic E-state index is 11.1. The summed E-state index contributed by atoms with van der Waals surface area (Å²) in [6.45, 7) is 5.17. The van der Waals surface area contributed by atoms with Crippen molar-refractivity contribution in [1.29, 1.82) is 0 Å². The quantitative estimate of drug-likeness (QED) is 0.0703. The lowest BCUT2D eigenvalue weighted by Gasteiger charge is -2.27. The number of carbonyl (C=O) groups is 1. The molecule has 10 heteroatoms. The molecule has 1 aromatic heterocycles. The zero-order chi connectivity index (χ0) is 32.3. The number of hydrogen-bond acceptors (Lipinski definition) is 8. The highest BCUT2D eigenvalue weighted by Crippen LogP contribution is 2.40. The number of thioether (sulfide) groups is 1. The Morgan fingerprint density at radius 3 is 2.43 bits per heavy atom. The van der Waals surface area contributed by atoms with Crippen molar-refractivity contribution in [3.8, 4) is 34.3 Å². The van der Waals surface area contributed by atoms with E-state index in [0.29, 0.717) is 38.2 Å². The monoisotopic (exact) mass is 646 g/mol. The number of nitrogens with zero attached hydrogens (tertiary/aromatic N) is 1. The van der Waals surface area contributed by atoms with Crippen molar-refractivity contribution in [2.75, 3.05) is 20.3 Å². The molecule has 5 rings (SSSR count). The van der Waals surface area contributed by atoms with Gasteiger partial charge in [-0.15, -0.1) is 0 Å². The van der Waals surface area contributed by atoms with Gasteiger partial charge in [0.05, 0.1) is 32.2 Å². The second-order valence-electron chi connectivity index (χ2n) is 11.1. The van der Waals surface area contributed by atoms with Crippen LogP contribution < -0.4 is 18.9 Å². The molecule has 0 radical (unpaired) electrons. The summed E-state index contributed by atoms with van der Waals surface area (Å²) in [5.74, 6) is 3.87. The van der Waals surface area contributed by atoms with Crippen molar-refractivity contribution in [2.24, 2.45) is 0 Å². The van der Waals surface area contributed by atoms with Crippen LogP contribution in [0.4, 0.5) is 4.79 Å². The molecule has 0 saturated carbocycles. The molecule has 46 heavy (non-hydrogen) atoms. The summed E-state index contributed by atoms with van der Waals surface area (Å²) in [4.78, 5) is 19.1. The predicted octanol–water partition coefficient (Wildman–Crippen LogP) is 8.48. The topological polar surface area (TPSA) is 112 Å². The number of aryl methyl sites for hydroxylation is 1. The fourth-order valence-corrected chi connectivity index (χ4v) is 6.43. The van der Waals surface area contributed by atoms with E-state index in [1.165, 1.54) is 5.56 Å². The molecule has 0 bridgehead atoms. The first kappa shape index (κ1) is 33.1. The number of aromatic amines is 1. The van der Waals surface area contributed by atoms with Gasteiger partial charge in [-0.25, -0.2) is 9.78 Å². The summed E-state index contributed by atoms with van der Waals surface area (Å²) in [6.07, 6.45) is 4.98. The maximum Gasteiger partial charge on any atom is 0.508 e. The number of rotatable bonds is 16. The first-order valence-corrected chi connectivity index (χ1v) is 16.9. The molecule has 1 aliphatic heterocycles. The van der Waals surface area contributed by atoms with Crippen molar-refractivity contribution in [2.45, 2.75) is 76.0 Å². The van der Waals surface area contributed by atoms with Gasteiger partial charge < -0.3 is 33.8 Å². The van der Waals surface area contributed by atoms with Crippen molar-refractivity contribution in [1.82, 2.24) is 9.97 Å². The molecule has 0 saturated heterocycles. The standard InChI is InChI=1S/C36H42N2O7S/c1-4-10-27-30(17-14-25-15-19-32(44-33(25)27)45-36(39)40)42-20-9-21-43-31-18-16-26(34(41-3)28(31)11-5-2)29-22-37-35(38-29)46-23-24-12-7-6-8-13-24/h6-8,12-14,16-18,22,32H,4-5,9-11,15,19-21,23H2,1-3H3,(H,37,38)(H,39,40). The zero-order valence-electron chi connectivity index (χ0n) is 26.7. The van der Waals surface area contributed by atoms with Gasteiger partial charge in [0.25, 0.3) is 0 Å². The third-order valence-corrected chi connectivity index (χ3v) is 8.68. The summed E-state index contributed by atoms with van der Waals surface area (Å²) < 4.78 is 29.3. The summed E-state index contributed by atoms with van der Waals surface area (Å²) in [5.41, 5.74) is 6.14. The molecule has 1 aliphatic rings. The Morgan fingerprint density at radius 1 is 1.00 bits per heavy atom. The molecule has 3 aromatic carbocycles. The first-order chi connectivity index (χ1) is 22.5. The molecular formula is C36H42N2O7S. The fourth-order valence-electron chi connectivity index (χ4n) is 5.62. The van der Waals surface area contributed by atoms with Crippen molar-refractivity contribution < 1.29 is 33.6 Å². The number of benzene rings is 3.